The molecule has 0 radical (unpaired) electrons. The van der Waals surface area contributed by atoms with Crippen LogP contribution in [-0.4, -0.2) is 16.6 Å². The molecule has 1 heterocycles. The molecule has 21 heavy (non-hydrogen) atoms. The fraction of sp³-hybridized carbons (Fsp3) is 0.471. The maximum atomic E-state index is 9.69. The SMILES string of the molecule is Cc1cccc(C)c1C(C)CNc1nc(C)c(C(C)O)s1. The van der Waals surface area contributed by atoms with E-state index >= 15 is 0 Å². The summed E-state index contributed by atoms with van der Waals surface area (Å²) >= 11 is 1.54. The summed E-state index contributed by atoms with van der Waals surface area (Å²) in [6.45, 7) is 11.1. The zero-order chi connectivity index (χ0) is 15.6. The van der Waals surface area contributed by atoms with E-state index in [0.29, 0.717) is 5.92 Å². The van der Waals surface area contributed by atoms with Crippen molar-refractivity contribution in [3.63, 3.8) is 0 Å². The zero-order valence-electron chi connectivity index (χ0n) is 13.4. The van der Waals surface area contributed by atoms with E-state index in [2.05, 4.69) is 49.3 Å². The molecule has 1 aromatic heterocycles. The first-order valence-electron chi connectivity index (χ1n) is 7.35. The van der Waals surface area contributed by atoms with Crippen molar-refractivity contribution in [2.45, 2.75) is 46.6 Å². The van der Waals surface area contributed by atoms with Crippen molar-refractivity contribution in [3.05, 3.63) is 45.5 Å². The lowest BCUT2D eigenvalue weighted by Crippen LogP contribution is -2.12. The van der Waals surface area contributed by atoms with Crippen molar-refractivity contribution in [1.82, 2.24) is 4.98 Å². The average molecular weight is 304 g/mol. The number of rotatable bonds is 5. The van der Waals surface area contributed by atoms with Crippen LogP contribution in [0, 0.1) is 20.8 Å². The zero-order valence-corrected chi connectivity index (χ0v) is 14.2. The molecule has 0 spiro atoms. The van der Waals surface area contributed by atoms with Gasteiger partial charge in [-0.05, 0) is 50.3 Å². The first-order chi connectivity index (χ1) is 9.90. The number of anilines is 1. The van der Waals surface area contributed by atoms with E-state index in [0.717, 1.165) is 22.2 Å². The van der Waals surface area contributed by atoms with Crippen LogP contribution in [-0.2, 0) is 0 Å². The molecule has 2 atom stereocenters. The van der Waals surface area contributed by atoms with Crippen molar-refractivity contribution in [2.24, 2.45) is 0 Å². The van der Waals surface area contributed by atoms with E-state index in [-0.39, 0.29) is 0 Å². The molecule has 1 aromatic carbocycles. The van der Waals surface area contributed by atoms with Gasteiger partial charge in [-0.3, -0.25) is 0 Å². The number of nitrogens with one attached hydrogen (secondary N) is 1. The Morgan fingerprint density at radius 1 is 1.19 bits per heavy atom. The highest BCUT2D eigenvalue weighted by Gasteiger charge is 2.14. The predicted octanol–water partition coefficient (Wildman–Crippen LogP) is 4.34. The number of hydrogen-bond acceptors (Lipinski definition) is 4. The predicted molar refractivity (Wildman–Crippen MR) is 90.3 cm³/mol. The molecular formula is C17H24N2OS. The molecule has 3 nitrogen and oxygen atoms in total. The number of benzene rings is 1. The third kappa shape index (κ3) is 3.63. The first kappa shape index (κ1) is 16.0. The van der Waals surface area contributed by atoms with Crippen LogP contribution in [0.5, 0.6) is 0 Å². The van der Waals surface area contributed by atoms with E-state index in [1.165, 1.54) is 16.7 Å². The Morgan fingerprint density at radius 3 is 2.33 bits per heavy atom. The highest BCUT2D eigenvalue weighted by atomic mass is 32.1. The van der Waals surface area contributed by atoms with Gasteiger partial charge in [0.05, 0.1) is 16.7 Å². The van der Waals surface area contributed by atoms with Crippen LogP contribution in [0.1, 0.15) is 53.1 Å². The van der Waals surface area contributed by atoms with E-state index in [1.54, 1.807) is 18.3 Å². The molecule has 0 bridgehead atoms. The molecular weight excluding hydrogens is 280 g/mol. The van der Waals surface area contributed by atoms with Gasteiger partial charge in [0.15, 0.2) is 5.13 Å². The number of thiazole rings is 1. The molecule has 0 aliphatic rings. The summed E-state index contributed by atoms with van der Waals surface area (Å²) in [6, 6.07) is 6.43. The number of aryl methyl sites for hydroxylation is 3. The summed E-state index contributed by atoms with van der Waals surface area (Å²) in [4.78, 5) is 5.43. The molecule has 0 saturated heterocycles. The Labute approximate surface area is 131 Å². The summed E-state index contributed by atoms with van der Waals surface area (Å²) in [5.41, 5.74) is 5.00. The smallest absolute Gasteiger partial charge is 0.183 e. The summed E-state index contributed by atoms with van der Waals surface area (Å²) < 4.78 is 0. The van der Waals surface area contributed by atoms with Crippen LogP contribution >= 0.6 is 11.3 Å². The second-order valence-electron chi connectivity index (χ2n) is 5.73. The molecule has 0 aliphatic carbocycles. The normalized spacial score (nSPS) is 14.0. The maximum Gasteiger partial charge on any atom is 0.183 e. The Morgan fingerprint density at radius 2 is 1.81 bits per heavy atom. The Kier molecular flexibility index (Phi) is 5.01. The van der Waals surface area contributed by atoms with E-state index in [9.17, 15) is 5.11 Å². The average Bonchev–Trinajstić information content (AvgIpc) is 2.77. The number of nitrogens with zero attached hydrogens (tertiary/aromatic N) is 1. The lowest BCUT2D eigenvalue weighted by atomic mass is 9.92. The van der Waals surface area contributed by atoms with Gasteiger partial charge >= 0.3 is 0 Å². The fourth-order valence-corrected chi connectivity index (χ4v) is 3.73. The summed E-state index contributed by atoms with van der Waals surface area (Å²) in [6.07, 6.45) is -0.450. The molecule has 0 saturated carbocycles. The van der Waals surface area contributed by atoms with Gasteiger partial charge in [0, 0.05) is 6.54 Å². The highest BCUT2D eigenvalue weighted by Crippen LogP contribution is 2.29. The monoisotopic (exact) mass is 304 g/mol. The summed E-state index contributed by atoms with van der Waals surface area (Å²) in [5, 5.41) is 14.0. The molecule has 0 aliphatic heterocycles. The van der Waals surface area contributed by atoms with Crippen LogP contribution in [0.15, 0.2) is 18.2 Å². The van der Waals surface area contributed by atoms with Gasteiger partial charge in [-0.25, -0.2) is 4.98 Å². The Hall–Kier alpha value is -1.39. The largest absolute Gasteiger partial charge is 0.388 e. The molecule has 2 unspecified atom stereocenters. The Balaban J connectivity index is 2.08. The van der Waals surface area contributed by atoms with Crippen LogP contribution in [0.3, 0.4) is 0 Å². The molecule has 2 N–H and O–H groups in total. The van der Waals surface area contributed by atoms with Crippen molar-refractivity contribution in [1.29, 1.82) is 0 Å². The lowest BCUT2D eigenvalue weighted by molar-refractivity contribution is 0.202. The van der Waals surface area contributed by atoms with Gasteiger partial charge in [0.1, 0.15) is 0 Å². The van der Waals surface area contributed by atoms with Crippen molar-refractivity contribution in [3.8, 4) is 0 Å². The first-order valence-corrected chi connectivity index (χ1v) is 8.17. The van der Waals surface area contributed by atoms with Crippen LogP contribution in [0.4, 0.5) is 5.13 Å². The topological polar surface area (TPSA) is 45.2 Å². The minimum atomic E-state index is -0.450. The van der Waals surface area contributed by atoms with Crippen molar-refractivity contribution >= 4 is 16.5 Å². The number of hydrogen-bond donors (Lipinski definition) is 2. The van der Waals surface area contributed by atoms with Gasteiger partial charge < -0.3 is 10.4 Å². The highest BCUT2D eigenvalue weighted by molar-refractivity contribution is 7.15. The van der Waals surface area contributed by atoms with Gasteiger partial charge in [-0.2, -0.15) is 0 Å². The van der Waals surface area contributed by atoms with Crippen molar-refractivity contribution < 1.29 is 5.11 Å². The summed E-state index contributed by atoms with van der Waals surface area (Å²) in [7, 11) is 0. The molecule has 2 rings (SSSR count). The number of aliphatic hydroxyl groups excluding tert-OH is 1. The van der Waals surface area contributed by atoms with Gasteiger partial charge in [0.25, 0.3) is 0 Å². The van der Waals surface area contributed by atoms with E-state index in [1.807, 2.05) is 6.92 Å². The quantitative estimate of drug-likeness (QED) is 0.864. The van der Waals surface area contributed by atoms with Gasteiger partial charge in [-0.15, -0.1) is 0 Å². The van der Waals surface area contributed by atoms with E-state index in [4.69, 9.17) is 0 Å². The number of aromatic nitrogens is 1. The fourth-order valence-electron chi connectivity index (χ4n) is 2.82. The van der Waals surface area contributed by atoms with Crippen molar-refractivity contribution in [2.75, 3.05) is 11.9 Å². The third-order valence-electron chi connectivity index (χ3n) is 3.81. The molecule has 114 valence electrons. The standard InChI is InChI=1S/C17H24N2OS/c1-10-7-6-8-11(2)15(10)12(3)9-18-17-19-13(4)16(21-17)14(5)20/h6-8,12,14,20H,9H2,1-5H3,(H,18,19). The van der Waals surface area contributed by atoms with Gasteiger partial charge in [0.2, 0.25) is 0 Å². The minimum Gasteiger partial charge on any atom is -0.388 e. The number of aliphatic hydroxyl groups is 1. The molecule has 4 heteroatoms. The molecule has 0 amide bonds. The summed E-state index contributed by atoms with van der Waals surface area (Å²) in [5.74, 6) is 0.422. The maximum absolute atomic E-state index is 9.69. The van der Waals surface area contributed by atoms with Gasteiger partial charge in [-0.1, -0.05) is 36.5 Å². The van der Waals surface area contributed by atoms with Crippen LogP contribution in [0.2, 0.25) is 0 Å². The lowest BCUT2D eigenvalue weighted by Gasteiger charge is -2.17. The Bertz CT molecular complexity index is 599. The minimum absolute atomic E-state index is 0.422. The van der Waals surface area contributed by atoms with Crippen LogP contribution < -0.4 is 5.32 Å². The van der Waals surface area contributed by atoms with Crippen LogP contribution in [0.25, 0.3) is 0 Å². The van der Waals surface area contributed by atoms with E-state index < -0.39 is 6.10 Å². The molecule has 2 aromatic rings. The second-order valence-corrected chi connectivity index (χ2v) is 6.76. The second kappa shape index (κ2) is 6.58. The third-order valence-corrected chi connectivity index (χ3v) is 5.09. The molecule has 0 fully saturated rings.